The number of benzene rings is 3. The van der Waals surface area contributed by atoms with E-state index in [9.17, 15) is 4.79 Å². The van der Waals surface area contributed by atoms with Gasteiger partial charge in [0.05, 0.1) is 10.6 Å². The molecule has 0 atom stereocenters. The summed E-state index contributed by atoms with van der Waals surface area (Å²) in [6.45, 7) is 8.74. The number of halogens is 1. The highest BCUT2D eigenvalue weighted by Crippen LogP contribution is 2.36. The van der Waals surface area contributed by atoms with Crippen molar-refractivity contribution in [3.8, 4) is 21.7 Å². The molecule has 0 unspecified atom stereocenters. The molecule has 0 amide bonds. The van der Waals surface area contributed by atoms with E-state index in [-0.39, 0.29) is 29.5 Å². The fourth-order valence-electron chi connectivity index (χ4n) is 5.49. The first kappa shape index (κ1) is 30.9. The van der Waals surface area contributed by atoms with E-state index in [0.29, 0.717) is 6.54 Å². The molecule has 0 radical (unpaired) electrons. The maximum Gasteiger partial charge on any atom is 0.269 e. The Morgan fingerprint density at radius 2 is 1.47 bits per heavy atom. The molecular formula is C36H34IN3OS2. The van der Waals surface area contributed by atoms with Gasteiger partial charge in [0.15, 0.2) is 0 Å². The van der Waals surface area contributed by atoms with Gasteiger partial charge in [0.1, 0.15) is 16.1 Å². The van der Waals surface area contributed by atoms with Gasteiger partial charge in [-0.15, -0.1) is 11.3 Å². The zero-order valence-electron chi connectivity index (χ0n) is 24.5. The predicted octanol–water partition coefficient (Wildman–Crippen LogP) is 3.68. The van der Waals surface area contributed by atoms with Gasteiger partial charge in [-0.05, 0) is 62.3 Å². The number of thiazole rings is 2. The van der Waals surface area contributed by atoms with Crippen molar-refractivity contribution in [3.05, 3.63) is 133 Å². The highest BCUT2D eigenvalue weighted by molar-refractivity contribution is 7.16. The van der Waals surface area contributed by atoms with Gasteiger partial charge in [0, 0.05) is 36.1 Å². The van der Waals surface area contributed by atoms with Gasteiger partial charge in [-0.1, -0.05) is 84.1 Å². The van der Waals surface area contributed by atoms with Crippen molar-refractivity contribution in [3.63, 3.8) is 0 Å². The van der Waals surface area contributed by atoms with Gasteiger partial charge in [-0.2, -0.15) is 4.57 Å². The average Bonchev–Trinajstić information content (AvgIpc) is 3.56. The van der Waals surface area contributed by atoms with E-state index < -0.39 is 0 Å². The molecule has 6 rings (SSSR count). The molecule has 5 aromatic rings. The molecule has 0 saturated carbocycles. The molecule has 1 aliphatic heterocycles. The van der Waals surface area contributed by atoms with Crippen molar-refractivity contribution < 1.29 is 28.5 Å². The average molecular weight is 716 g/mol. The minimum Gasteiger partial charge on any atom is -1.00 e. The molecule has 2 aromatic heterocycles. The van der Waals surface area contributed by atoms with Crippen molar-refractivity contribution >= 4 is 46.1 Å². The maximum absolute atomic E-state index is 13.6. The standard InChI is InChI=1S/C36H34N3OS2.HI/c1-4-37-24-23-26(29-19-13-14-20-30(29)37)21-22-31-36(40)39(6-3)33(41-31)25-32-38(5-2)34(27-15-9-7-10-16-27)35(42-32)28-17-11-8-12-18-28;/h7-25H,4-6H2,1-3H3;1H/q+1;/p-1/b26-21-,31-22+;. The Bertz CT molecular complexity index is 1970. The summed E-state index contributed by atoms with van der Waals surface area (Å²) in [7, 11) is 0. The molecule has 0 spiro atoms. The molecule has 43 heavy (non-hydrogen) atoms. The zero-order valence-corrected chi connectivity index (χ0v) is 28.3. The number of aromatic nitrogens is 2. The fourth-order valence-corrected chi connectivity index (χ4v) is 7.90. The highest BCUT2D eigenvalue weighted by atomic mass is 127. The number of rotatable bonds is 7. The van der Waals surface area contributed by atoms with Gasteiger partial charge >= 0.3 is 0 Å². The fraction of sp³-hybridized carbons (Fsp3) is 0.167. The van der Waals surface area contributed by atoms with Crippen molar-refractivity contribution in [2.24, 2.45) is 0 Å². The van der Waals surface area contributed by atoms with Crippen LogP contribution in [-0.4, -0.2) is 11.1 Å². The predicted molar refractivity (Wildman–Crippen MR) is 179 cm³/mol. The Kier molecular flexibility index (Phi) is 9.95. The quantitative estimate of drug-likeness (QED) is 0.190. The summed E-state index contributed by atoms with van der Waals surface area (Å²) < 4.78 is 5.97. The largest absolute Gasteiger partial charge is 1.00 e. The third-order valence-corrected chi connectivity index (χ3v) is 9.83. The molecule has 0 fully saturated rings. The van der Waals surface area contributed by atoms with Crippen LogP contribution in [0.4, 0.5) is 5.69 Å². The van der Waals surface area contributed by atoms with Crippen LogP contribution in [0, 0.1) is 0 Å². The van der Waals surface area contributed by atoms with E-state index in [1.54, 1.807) is 22.7 Å². The normalized spacial score (nSPS) is 14.3. The molecule has 4 nitrogen and oxygen atoms in total. The SMILES string of the molecule is CCN1C=C/C(=C/C=c2/s/c(=C\c3sc(-c4ccccc4)c(-c4ccccc4)[n+]3CC)n(CC)c2=O)c2ccccc21.[I-]. The van der Waals surface area contributed by atoms with Crippen LogP contribution in [-0.2, 0) is 13.1 Å². The highest BCUT2D eigenvalue weighted by Gasteiger charge is 2.27. The molecule has 0 aliphatic carbocycles. The Labute approximate surface area is 277 Å². The Hall–Kier alpha value is -3.53. The van der Waals surface area contributed by atoms with Crippen LogP contribution in [0.25, 0.3) is 39.4 Å². The van der Waals surface area contributed by atoms with E-state index >= 15 is 0 Å². The zero-order chi connectivity index (χ0) is 29.1. The Morgan fingerprint density at radius 3 is 2.14 bits per heavy atom. The lowest BCUT2D eigenvalue weighted by Gasteiger charge is -2.26. The molecule has 218 valence electrons. The molecule has 0 bridgehead atoms. The van der Waals surface area contributed by atoms with E-state index in [1.165, 1.54) is 32.9 Å². The summed E-state index contributed by atoms with van der Waals surface area (Å²) in [6, 6.07) is 29.6. The van der Waals surface area contributed by atoms with Gasteiger partial charge in [-0.3, -0.25) is 9.36 Å². The summed E-state index contributed by atoms with van der Waals surface area (Å²) >= 11 is 3.34. The summed E-state index contributed by atoms with van der Waals surface area (Å²) in [5.74, 6) is 0. The third kappa shape index (κ3) is 6.12. The van der Waals surface area contributed by atoms with Gasteiger partial charge in [-0.25, -0.2) is 0 Å². The molecule has 1 aliphatic rings. The van der Waals surface area contributed by atoms with Crippen LogP contribution in [0.3, 0.4) is 0 Å². The van der Waals surface area contributed by atoms with Gasteiger partial charge < -0.3 is 28.9 Å². The van der Waals surface area contributed by atoms with Crippen LogP contribution >= 0.6 is 22.7 Å². The van der Waals surface area contributed by atoms with Crippen molar-refractivity contribution in [1.29, 1.82) is 0 Å². The number of allylic oxidation sites excluding steroid dienone is 3. The minimum absolute atomic E-state index is 0. The van der Waals surface area contributed by atoms with E-state index in [0.717, 1.165) is 32.9 Å². The molecule has 3 aromatic carbocycles. The summed E-state index contributed by atoms with van der Waals surface area (Å²) in [4.78, 5) is 17.0. The number of hydrogen-bond donors (Lipinski definition) is 0. The number of fused-ring (bicyclic) bond motifs is 1. The number of nitrogens with zero attached hydrogens (tertiary/aromatic N) is 3. The van der Waals surface area contributed by atoms with Gasteiger partial charge in [0.2, 0.25) is 5.69 Å². The number of para-hydroxylation sites is 1. The molecule has 7 heteroatoms. The van der Waals surface area contributed by atoms with E-state index in [4.69, 9.17) is 0 Å². The van der Waals surface area contributed by atoms with Crippen LogP contribution in [0.15, 0.2) is 108 Å². The molecule has 0 N–H and O–H groups in total. The first-order valence-electron chi connectivity index (χ1n) is 14.5. The van der Waals surface area contributed by atoms with Crippen LogP contribution in [0.5, 0.6) is 0 Å². The Balaban J connectivity index is 0.00000368. The third-order valence-electron chi connectivity index (χ3n) is 7.57. The van der Waals surface area contributed by atoms with Crippen LogP contribution in [0.1, 0.15) is 31.3 Å². The van der Waals surface area contributed by atoms with Gasteiger partial charge in [0.25, 0.3) is 10.6 Å². The summed E-state index contributed by atoms with van der Waals surface area (Å²) in [5, 5.41) is 1.13. The lowest BCUT2D eigenvalue weighted by atomic mass is 9.99. The first-order chi connectivity index (χ1) is 20.6. The number of anilines is 1. The Morgan fingerprint density at radius 1 is 0.791 bits per heavy atom. The van der Waals surface area contributed by atoms with Crippen molar-refractivity contribution in [1.82, 2.24) is 4.57 Å². The topological polar surface area (TPSA) is 29.1 Å². The van der Waals surface area contributed by atoms with Crippen molar-refractivity contribution in [2.75, 3.05) is 11.4 Å². The number of hydrogen-bond acceptors (Lipinski definition) is 4. The molecular weight excluding hydrogens is 681 g/mol. The maximum atomic E-state index is 13.6. The lowest BCUT2D eigenvalue weighted by molar-refractivity contribution is -0.679. The first-order valence-corrected chi connectivity index (χ1v) is 16.1. The summed E-state index contributed by atoms with van der Waals surface area (Å²) in [5.41, 5.74) is 7.14. The second-order valence-electron chi connectivity index (χ2n) is 10.0. The monoisotopic (exact) mass is 715 g/mol. The second kappa shape index (κ2) is 13.8. The lowest BCUT2D eigenvalue weighted by Crippen LogP contribution is -3.00. The van der Waals surface area contributed by atoms with Crippen LogP contribution in [0.2, 0.25) is 0 Å². The van der Waals surface area contributed by atoms with Crippen molar-refractivity contribution in [2.45, 2.75) is 33.9 Å². The van der Waals surface area contributed by atoms with Crippen LogP contribution < -0.4 is 48.2 Å². The minimum atomic E-state index is 0. The van der Waals surface area contributed by atoms with E-state index in [1.807, 2.05) is 17.6 Å². The molecule has 3 heterocycles. The second-order valence-corrected chi connectivity index (χ2v) is 12.1. The molecule has 0 saturated heterocycles. The smallest absolute Gasteiger partial charge is 0.269 e. The summed E-state index contributed by atoms with van der Waals surface area (Å²) in [6.07, 6.45) is 10.5. The van der Waals surface area contributed by atoms with E-state index in [2.05, 4.69) is 133 Å².